The number of ether oxygens (including phenoxy) is 1. The largest absolute Gasteiger partial charge is 0.491 e. The molecule has 1 saturated heterocycles. The molecule has 0 aromatic heterocycles. The van der Waals surface area contributed by atoms with E-state index in [0.29, 0.717) is 32.5 Å². The lowest BCUT2D eigenvalue weighted by atomic mass is 9.99. The number of halogens is 1. The molecule has 0 radical (unpaired) electrons. The highest BCUT2D eigenvalue weighted by Gasteiger charge is 2.33. The summed E-state index contributed by atoms with van der Waals surface area (Å²) in [7, 11) is -3.75. The number of carbonyl (C=O) groups excluding carboxylic acids is 1. The molecule has 3 rings (SSSR count). The number of nitrogens with zero attached hydrogens (tertiary/aromatic N) is 1. The molecule has 6 nitrogen and oxygen atoms in total. The lowest BCUT2D eigenvalue weighted by Crippen LogP contribution is -2.46. The molecule has 1 aliphatic rings. The Bertz CT molecular complexity index is 993. The van der Waals surface area contributed by atoms with E-state index in [2.05, 4.69) is 5.32 Å². The summed E-state index contributed by atoms with van der Waals surface area (Å²) in [5.41, 5.74) is 2.13. The summed E-state index contributed by atoms with van der Waals surface area (Å²) in [6, 6.07) is 10.7. The van der Waals surface area contributed by atoms with Gasteiger partial charge >= 0.3 is 0 Å². The van der Waals surface area contributed by atoms with Crippen molar-refractivity contribution in [3.8, 4) is 5.75 Å². The van der Waals surface area contributed by atoms with Gasteiger partial charge in [0.15, 0.2) is 0 Å². The van der Waals surface area contributed by atoms with Crippen molar-refractivity contribution in [3.63, 3.8) is 0 Å². The molecule has 0 spiro atoms. The molecule has 30 heavy (non-hydrogen) atoms. The van der Waals surface area contributed by atoms with Crippen LogP contribution in [0.1, 0.15) is 24.0 Å². The Morgan fingerprint density at radius 2 is 1.93 bits per heavy atom. The van der Waals surface area contributed by atoms with Gasteiger partial charge in [-0.1, -0.05) is 12.1 Å². The van der Waals surface area contributed by atoms with Crippen LogP contribution in [-0.2, 0) is 14.8 Å². The van der Waals surface area contributed by atoms with Crippen molar-refractivity contribution in [1.29, 1.82) is 0 Å². The van der Waals surface area contributed by atoms with Crippen LogP contribution in [0.25, 0.3) is 0 Å². The zero-order valence-corrected chi connectivity index (χ0v) is 18.0. The Morgan fingerprint density at radius 3 is 2.67 bits per heavy atom. The molecule has 0 bridgehead atoms. The summed E-state index contributed by atoms with van der Waals surface area (Å²) in [4.78, 5) is 12.6. The van der Waals surface area contributed by atoms with Gasteiger partial charge in [-0.25, -0.2) is 12.8 Å². The van der Waals surface area contributed by atoms with Gasteiger partial charge in [0.2, 0.25) is 15.9 Å². The zero-order valence-electron chi connectivity index (χ0n) is 17.2. The molecule has 1 amide bonds. The first-order valence-corrected chi connectivity index (χ1v) is 11.4. The molecular weight excluding hydrogens is 407 g/mol. The molecule has 8 heteroatoms. The number of benzene rings is 2. The molecule has 0 unspecified atom stereocenters. The average molecular weight is 435 g/mol. The van der Waals surface area contributed by atoms with Crippen LogP contribution in [0.15, 0.2) is 47.4 Å². The fourth-order valence-electron chi connectivity index (χ4n) is 3.47. The fourth-order valence-corrected chi connectivity index (χ4v) is 5.00. The second kappa shape index (κ2) is 9.57. The van der Waals surface area contributed by atoms with Crippen molar-refractivity contribution in [1.82, 2.24) is 9.62 Å². The van der Waals surface area contributed by atoms with Gasteiger partial charge in [0.05, 0.1) is 17.4 Å². The number of hydrogen-bond acceptors (Lipinski definition) is 4. The van der Waals surface area contributed by atoms with Crippen LogP contribution in [0.3, 0.4) is 0 Å². The highest BCUT2D eigenvalue weighted by Crippen LogP contribution is 2.24. The van der Waals surface area contributed by atoms with Crippen LogP contribution in [0.2, 0.25) is 0 Å². The van der Waals surface area contributed by atoms with E-state index in [1.807, 2.05) is 32.0 Å². The lowest BCUT2D eigenvalue weighted by Gasteiger charge is -2.31. The van der Waals surface area contributed by atoms with Crippen molar-refractivity contribution in [3.05, 3.63) is 59.4 Å². The molecule has 0 aliphatic carbocycles. The van der Waals surface area contributed by atoms with Crippen LogP contribution in [-0.4, -0.2) is 44.9 Å². The highest BCUT2D eigenvalue weighted by molar-refractivity contribution is 7.89. The van der Waals surface area contributed by atoms with Crippen molar-refractivity contribution in [2.24, 2.45) is 5.92 Å². The first kappa shape index (κ1) is 22.2. The molecule has 1 N–H and O–H groups in total. The number of hydrogen-bond donors (Lipinski definition) is 1. The number of amides is 1. The smallest absolute Gasteiger partial charge is 0.243 e. The van der Waals surface area contributed by atoms with Gasteiger partial charge in [-0.2, -0.15) is 4.31 Å². The molecule has 162 valence electrons. The van der Waals surface area contributed by atoms with Crippen molar-refractivity contribution < 1.29 is 22.3 Å². The van der Waals surface area contributed by atoms with Gasteiger partial charge in [-0.15, -0.1) is 0 Å². The Morgan fingerprint density at radius 1 is 1.20 bits per heavy atom. The second-order valence-corrected chi connectivity index (χ2v) is 9.50. The second-order valence-electron chi connectivity index (χ2n) is 7.56. The Kier molecular flexibility index (Phi) is 7.10. The van der Waals surface area contributed by atoms with Crippen LogP contribution >= 0.6 is 0 Å². The minimum absolute atomic E-state index is 0.0342. The first-order valence-electron chi connectivity index (χ1n) is 10.0. The average Bonchev–Trinajstić information content (AvgIpc) is 2.74. The number of nitrogens with one attached hydrogen (secondary N) is 1. The minimum Gasteiger partial charge on any atom is -0.491 e. The van der Waals surface area contributed by atoms with E-state index in [9.17, 15) is 17.6 Å². The van der Waals surface area contributed by atoms with Crippen LogP contribution in [0.5, 0.6) is 5.75 Å². The third-order valence-electron chi connectivity index (χ3n) is 5.21. The van der Waals surface area contributed by atoms with E-state index in [-0.39, 0.29) is 17.3 Å². The molecule has 1 aliphatic heterocycles. The van der Waals surface area contributed by atoms with Crippen LogP contribution < -0.4 is 10.1 Å². The van der Waals surface area contributed by atoms with Gasteiger partial charge in [-0.3, -0.25) is 4.79 Å². The third-order valence-corrected chi connectivity index (χ3v) is 7.09. The normalized spacial score (nSPS) is 17.5. The summed E-state index contributed by atoms with van der Waals surface area (Å²) in [5.74, 6) is -0.306. The molecular formula is C22H27FN2O4S. The third kappa shape index (κ3) is 5.37. The van der Waals surface area contributed by atoms with Crippen molar-refractivity contribution >= 4 is 15.9 Å². The summed E-state index contributed by atoms with van der Waals surface area (Å²) in [6.45, 7) is 5.09. The Labute approximate surface area is 177 Å². The summed E-state index contributed by atoms with van der Waals surface area (Å²) >= 11 is 0. The van der Waals surface area contributed by atoms with Gasteiger partial charge in [-0.05, 0) is 68.1 Å². The topological polar surface area (TPSA) is 75.7 Å². The Hall–Kier alpha value is -2.45. The van der Waals surface area contributed by atoms with Crippen molar-refractivity contribution in [2.75, 3.05) is 26.2 Å². The van der Waals surface area contributed by atoms with E-state index in [1.165, 1.54) is 16.4 Å². The van der Waals surface area contributed by atoms with Crippen molar-refractivity contribution in [2.45, 2.75) is 31.6 Å². The predicted molar refractivity (Wildman–Crippen MR) is 112 cm³/mol. The summed E-state index contributed by atoms with van der Waals surface area (Å²) in [5, 5.41) is 2.84. The predicted octanol–water partition coefficient (Wildman–Crippen LogP) is 3.04. The van der Waals surface area contributed by atoms with Gasteiger partial charge in [0.25, 0.3) is 0 Å². The number of aryl methyl sites for hydroxylation is 2. The van der Waals surface area contributed by atoms with Gasteiger partial charge < -0.3 is 10.1 Å². The van der Waals surface area contributed by atoms with E-state index in [4.69, 9.17) is 4.74 Å². The van der Waals surface area contributed by atoms with Crippen LogP contribution in [0, 0.1) is 25.6 Å². The fraction of sp³-hybridized carbons (Fsp3) is 0.409. The SMILES string of the molecule is Cc1ccc(C)c(OCCNC(=O)[C@H]2CCCN(S(=O)(=O)c3ccc(F)cc3)C2)c1. The number of carbonyl (C=O) groups is 1. The van der Waals surface area contributed by atoms with E-state index < -0.39 is 21.8 Å². The Balaban J connectivity index is 1.52. The van der Waals surface area contributed by atoms with E-state index >= 15 is 0 Å². The molecule has 1 atom stereocenters. The first-order chi connectivity index (χ1) is 14.3. The molecule has 1 heterocycles. The van der Waals surface area contributed by atoms with E-state index in [0.717, 1.165) is 29.0 Å². The highest BCUT2D eigenvalue weighted by atomic mass is 32.2. The maximum absolute atomic E-state index is 13.1. The van der Waals surface area contributed by atoms with Gasteiger partial charge in [0, 0.05) is 13.1 Å². The zero-order chi connectivity index (χ0) is 21.7. The molecule has 0 saturated carbocycles. The molecule has 2 aromatic rings. The maximum Gasteiger partial charge on any atom is 0.243 e. The summed E-state index contributed by atoms with van der Waals surface area (Å²) < 4.78 is 45.8. The summed E-state index contributed by atoms with van der Waals surface area (Å²) in [6.07, 6.45) is 1.22. The molecule has 1 fully saturated rings. The standard InChI is InChI=1S/C22H27FN2O4S/c1-16-5-6-17(2)21(14-16)29-13-11-24-22(26)18-4-3-12-25(15-18)30(27,28)20-9-7-19(23)8-10-20/h5-10,14,18H,3-4,11-13,15H2,1-2H3,(H,24,26)/t18-/m0/s1. The van der Waals surface area contributed by atoms with E-state index in [1.54, 1.807) is 0 Å². The lowest BCUT2D eigenvalue weighted by molar-refractivity contribution is -0.126. The maximum atomic E-state index is 13.1. The number of rotatable bonds is 7. The van der Waals surface area contributed by atoms with Gasteiger partial charge in [0.1, 0.15) is 18.2 Å². The number of sulfonamides is 1. The number of piperidine rings is 1. The quantitative estimate of drug-likeness (QED) is 0.680. The monoisotopic (exact) mass is 434 g/mol. The molecule has 2 aromatic carbocycles. The minimum atomic E-state index is -3.75. The van der Waals surface area contributed by atoms with Crippen LogP contribution in [0.4, 0.5) is 4.39 Å².